The van der Waals surface area contributed by atoms with Gasteiger partial charge in [-0.1, -0.05) is 24.3 Å². The predicted molar refractivity (Wildman–Crippen MR) is 75.5 cm³/mol. The molecule has 0 aliphatic rings. The zero-order chi connectivity index (χ0) is 12.3. The minimum atomic E-state index is -0.161. The summed E-state index contributed by atoms with van der Waals surface area (Å²) in [4.78, 5) is 0. The van der Waals surface area contributed by atoms with E-state index in [0.717, 1.165) is 24.2 Å². The molecule has 0 radical (unpaired) electrons. The van der Waals surface area contributed by atoms with E-state index in [1.54, 1.807) is 6.20 Å². The Morgan fingerprint density at radius 2 is 2.29 bits per heavy atom. The van der Waals surface area contributed by atoms with E-state index in [4.69, 9.17) is 5.73 Å². The third kappa shape index (κ3) is 2.84. The highest BCUT2D eigenvalue weighted by atomic mass is 127. The lowest BCUT2D eigenvalue weighted by atomic mass is 10.1. The van der Waals surface area contributed by atoms with Crippen molar-refractivity contribution >= 4 is 22.6 Å². The smallest absolute Gasteiger partial charge is 0.0799 e. The molecule has 0 saturated heterocycles. The highest BCUT2D eigenvalue weighted by molar-refractivity contribution is 14.1. The molecule has 1 atom stereocenters. The molecule has 0 aliphatic heterocycles. The number of halogens is 1. The van der Waals surface area contributed by atoms with Crippen molar-refractivity contribution in [3.8, 4) is 0 Å². The average molecular weight is 342 g/mol. The minimum absolute atomic E-state index is 0.161. The van der Waals surface area contributed by atoms with Crippen molar-refractivity contribution in [1.29, 1.82) is 0 Å². The molecule has 0 bridgehead atoms. The number of aryl methyl sites for hydroxylation is 1. The Balaban J connectivity index is 2.30. The maximum absolute atomic E-state index is 6.26. The molecule has 4 nitrogen and oxygen atoms in total. The largest absolute Gasteiger partial charge is 0.319 e. The zero-order valence-electron chi connectivity index (χ0n) is 9.68. The molecule has 1 unspecified atom stereocenters. The van der Waals surface area contributed by atoms with E-state index in [0.29, 0.717) is 0 Å². The number of hydrogen-bond acceptors (Lipinski definition) is 3. The normalized spacial score (nSPS) is 12.6. The van der Waals surface area contributed by atoms with E-state index >= 15 is 0 Å². The quantitative estimate of drug-likeness (QED) is 0.868. The third-order valence-electron chi connectivity index (χ3n) is 2.61. The average Bonchev–Trinajstić information content (AvgIpc) is 2.77. The molecule has 0 amide bonds. The van der Waals surface area contributed by atoms with Gasteiger partial charge in [0.1, 0.15) is 0 Å². The van der Waals surface area contributed by atoms with Crippen LogP contribution in [0.15, 0.2) is 30.5 Å². The Bertz CT molecular complexity index is 495. The summed E-state index contributed by atoms with van der Waals surface area (Å²) in [6, 6.07) is 8.04. The lowest BCUT2D eigenvalue weighted by molar-refractivity contribution is 0.543. The van der Waals surface area contributed by atoms with E-state index < -0.39 is 0 Å². The molecule has 1 aromatic heterocycles. The fourth-order valence-corrected chi connectivity index (χ4v) is 2.33. The topological polar surface area (TPSA) is 56.7 Å². The van der Waals surface area contributed by atoms with Crippen molar-refractivity contribution in [2.75, 3.05) is 0 Å². The summed E-state index contributed by atoms with van der Waals surface area (Å²) < 4.78 is 3.06. The number of nitrogens with two attached hydrogens (primary N) is 1. The van der Waals surface area contributed by atoms with Crippen molar-refractivity contribution in [3.05, 3.63) is 45.3 Å². The van der Waals surface area contributed by atoms with Crippen LogP contribution in [0.5, 0.6) is 0 Å². The van der Waals surface area contributed by atoms with Gasteiger partial charge in [-0.15, -0.1) is 5.10 Å². The molecule has 0 aliphatic carbocycles. The fraction of sp³-hybridized carbons (Fsp3) is 0.333. The van der Waals surface area contributed by atoms with Crippen molar-refractivity contribution in [2.24, 2.45) is 5.73 Å². The summed E-state index contributed by atoms with van der Waals surface area (Å²) in [5.74, 6) is 0. The first kappa shape index (κ1) is 12.5. The lowest BCUT2D eigenvalue weighted by Gasteiger charge is -2.13. The first-order valence-electron chi connectivity index (χ1n) is 5.61. The molecule has 1 heterocycles. The van der Waals surface area contributed by atoms with E-state index in [1.807, 2.05) is 16.8 Å². The third-order valence-corrected chi connectivity index (χ3v) is 3.28. The van der Waals surface area contributed by atoms with Gasteiger partial charge < -0.3 is 5.73 Å². The molecular weight excluding hydrogens is 327 g/mol. The van der Waals surface area contributed by atoms with E-state index in [1.165, 1.54) is 3.57 Å². The first-order chi connectivity index (χ1) is 8.22. The second-order valence-corrected chi connectivity index (χ2v) is 5.16. The summed E-state index contributed by atoms with van der Waals surface area (Å²) in [6.45, 7) is 2.97. The van der Waals surface area contributed by atoms with Crippen LogP contribution in [0, 0.1) is 3.57 Å². The van der Waals surface area contributed by atoms with Gasteiger partial charge in [0, 0.05) is 10.1 Å². The van der Waals surface area contributed by atoms with Gasteiger partial charge in [0.2, 0.25) is 0 Å². The van der Waals surface area contributed by atoms with Gasteiger partial charge in [0.05, 0.1) is 17.9 Å². The molecule has 0 fully saturated rings. The predicted octanol–water partition coefficient (Wildman–Crippen LogP) is 2.34. The van der Waals surface area contributed by atoms with Crippen LogP contribution in [0.4, 0.5) is 0 Å². The maximum atomic E-state index is 6.26. The first-order valence-corrected chi connectivity index (χ1v) is 6.69. The fourth-order valence-electron chi connectivity index (χ4n) is 1.76. The van der Waals surface area contributed by atoms with Crippen molar-refractivity contribution in [2.45, 2.75) is 25.9 Å². The van der Waals surface area contributed by atoms with Gasteiger partial charge in [-0.05, 0) is 46.7 Å². The van der Waals surface area contributed by atoms with Crippen LogP contribution in [0.3, 0.4) is 0 Å². The van der Waals surface area contributed by atoms with Crippen LogP contribution in [0.2, 0.25) is 0 Å². The molecule has 2 rings (SSSR count). The summed E-state index contributed by atoms with van der Waals surface area (Å²) in [7, 11) is 0. The Hall–Kier alpha value is -0.950. The van der Waals surface area contributed by atoms with Crippen LogP contribution in [-0.2, 0) is 6.54 Å². The van der Waals surface area contributed by atoms with Crippen LogP contribution >= 0.6 is 22.6 Å². The SMILES string of the molecule is CCCn1nncc1C(N)c1cccc(I)c1. The highest BCUT2D eigenvalue weighted by Crippen LogP contribution is 2.20. The highest BCUT2D eigenvalue weighted by Gasteiger charge is 2.14. The second kappa shape index (κ2) is 5.59. The molecule has 2 N–H and O–H groups in total. The van der Waals surface area contributed by atoms with Crippen LogP contribution in [0.25, 0.3) is 0 Å². The Labute approximate surface area is 114 Å². The Morgan fingerprint density at radius 1 is 1.47 bits per heavy atom. The molecule has 17 heavy (non-hydrogen) atoms. The zero-order valence-corrected chi connectivity index (χ0v) is 11.8. The van der Waals surface area contributed by atoms with Gasteiger partial charge in [-0.2, -0.15) is 0 Å². The van der Waals surface area contributed by atoms with Gasteiger partial charge in [0.25, 0.3) is 0 Å². The second-order valence-electron chi connectivity index (χ2n) is 3.91. The standard InChI is InChI=1S/C12H15IN4/c1-2-6-17-11(8-15-16-17)12(14)9-4-3-5-10(13)7-9/h3-5,7-8,12H,2,6,14H2,1H3. The van der Waals surface area contributed by atoms with Crippen molar-refractivity contribution in [1.82, 2.24) is 15.0 Å². The van der Waals surface area contributed by atoms with Gasteiger partial charge in [-0.25, -0.2) is 4.68 Å². The van der Waals surface area contributed by atoms with Gasteiger partial charge >= 0.3 is 0 Å². The molecule has 90 valence electrons. The number of rotatable bonds is 4. The minimum Gasteiger partial charge on any atom is -0.319 e. The molecule has 0 saturated carbocycles. The van der Waals surface area contributed by atoms with Crippen LogP contribution < -0.4 is 5.73 Å². The van der Waals surface area contributed by atoms with Gasteiger partial charge in [0.15, 0.2) is 0 Å². The van der Waals surface area contributed by atoms with E-state index in [2.05, 4.69) is 52.0 Å². The van der Waals surface area contributed by atoms with E-state index in [9.17, 15) is 0 Å². The lowest BCUT2D eigenvalue weighted by Crippen LogP contribution is -2.17. The number of hydrogen-bond donors (Lipinski definition) is 1. The molecule has 0 spiro atoms. The van der Waals surface area contributed by atoms with E-state index in [-0.39, 0.29) is 6.04 Å². The number of nitrogens with zero attached hydrogens (tertiary/aromatic N) is 3. The van der Waals surface area contributed by atoms with Gasteiger partial charge in [-0.3, -0.25) is 0 Å². The summed E-state index contributed by atoms with van der Waals surface area (Å²) >= 11 is 2.29. The van der Waals surface area contributed by atoms with Crippen molar-refractivity contribution < 1.29 is 0 Å². The maximum Gasteiger partial charge on any atom is 0.0799 e. The Morgan fingerprint density at radius 3 is 3.00 bits per heavy atom. The summed E-state index contributed by atoms with van der Waals surface area (Å²) in [6.07, 6.45) is 2.77. The number of benzene rings is 1. The number of aromatic nitrogens is 3. The summed E-state index contributed by atoms with van der Waals surface area (Å²) in [5, 5.41) is 8.00. The molecule has 1 aromatic carbocycles. The molecule has 5 heteroatoms. The van der Waals surface area contributed by atoms with Crippen LogP contribution in [0.1, 0.15) is 30.6 Å². The van der Waals surface area contributed by atoms with Crippen molar-refractivity contribution in [3.63, 3.8) is 0 Å². The molecule has 2 aromatic rings. The summed E-state index contributed by atoms with van der Waals surface area (Å²) in [5.41, 5.74) is 8.32. The van der Waals surface area contributed by atoms with Crippen LogP contribution in [-0.4, -0.2) is 15.0 Å². The molecular formula is C12H15IN4. The monoisotopic (exact) mass is 342 g/mol. The Kier molecular flexibility index (Phi) is 4.11.